The molecule has 0 aliphatic rings. The third-order valence-corrected chi connectivity index (χ3v) is 3.41. The van der Waals surface area contributed by atoms with Gasteiger partial charge in [0.2, 0.25) is 0 Å². The van der Waals surface area contributed by atoms with E-state index in [0.717, 1.165) is 17.8 Å². The molecule has 0 saturated heterocycles. The Morgan fingerprint density at radius 3 is 2.44 bits per heavy atom. The Kier molecular flexibility index (Phi) is 3.28. The lowest BCUT2D eigenvalue weighted by Crippen LogP contribution is -2.24. The molecule has 18 heavy (non-hydrogen) atoms. The highest BCUT2D eigenvalue weighted by atomic mass is 16.1. The molecule has 1 aromatic heterocycles. The Hall–Kier alpha value is -1.97. The zero-order valence-electron chi connectivity index (χ0n) is 11.1. The van der Waals surface area contributed by atoms with Gasteiger partial charge in [0.15, 0.2) is 0 Å². The number of hydrogen-bond donors (Lipinski definition) is 1. The van der Waals surface area contributed by atoms with Crippen LogP contribution in [0.1, 0.15) is 23.7 Å². The van der Waals surface area contributed by atoms with Crippen molar-refractivity contribution in [2.75, 3.05) is 5.73 Å². The van der Waals surface area contributed by atoms with Crippen molar-refractivity contribution in [1.29, 1.82) is 0 Å². The number of aryl methyl sites for hydroxylation is 1. The summed E-state index contributed by atoms with van der Waals surface area (Å²) in [7, 11) is 0. The molecule has 0 bridgehead atoms. The Bertz CT molecular complexity index is 622. The highest BCUT2D eigenvalue weighted by Gasteiger charge is 2.13. The van der Waals surface area contributed by atoms with Crippen molar-refractivity contribution in [2.24, 2.45) is 0 Å². The number of rotatable bonds is 3. The first-order chi connectivity index (χ1) is 8.56. The summed E-state index contributed by atoms with van der Waals surface area (Å²) in [6.45, 7) is 7.26. The number of aromatic nitrogens is 2. The minimum atomic E-state index is -0.0994. The van der Waals surface area contributed by atoms with Gasteiger partial charge in [0.05, 0.1) is 12.2 Å². The second kappa shape index (κ2) is 4.72. The van der Waals surface area contributed by atoms with Gasteiger partial charge in [-0.1, -0.05) is 24.3 Å². The van der Waals surface area contributed by atoms with E-state index in [1.165, 1.54) is 5.56 Å². The van der Waals surface area contributed by atoms with Crippen molar-refractivity contribution in [1.82, 2.24) is 9.36 Å². The van der Waals surface area contributed by atoms with Gasteiger partial charge in [-0.15, -0.1) is 0 Å². The van der Waals surface area contributed by atoms with E-state index < -0.39 is 0 Å². The van der Waals surface area contributed by atoms with Crippen LogP contribution in [0.5, 0.6) is 0 Å². The smallest absolute Gasteiger partial charge is 0.290 e. The number of nitrogens with zero attached hydrogens (tertiary/aromatic N) is 2. The van der Waals surface area contributed by atoms with Gasteiger partial charge in [-0.3, -0.25) is 9.48 Å². The van der Waals surface area contributed by atoms with Crippen LogP contribution >= 0.6 is 0 Å². The van der Waals surface area contributed by atoms with E-state index in [0.29, 0.717) is 12.2 Å². The minimum Gasteiger partial charge on any atom is -0.393 e. The number of nitrogens with two attached hydrogens (primary N) is 1. The largest absolute Gasteiger partial charge is 0.393 e. The summed E-state index contributed by atoms with van der Waals surface area (Å²) in [4.78, 5) is 12.1. The van der Waals surface area contributed by atoms with E-state index >= 15 is 0 Å². The van der Waals surface area contributed by atoms with E-state index in [2.05, 4.69) is 13.0 Å². The zero-order chi connectivity index (χ0) is 13.3. The molecule has 2 aromatic rings. The lowest BCUT2D eigenvalue weighted by molar-refractivity contribution is 0.479. The maximum atomic E-state index is 12.1. The molecular formula is C14H19N3O. The SMILES string of the molecule is CCn1c(C)c(N)c(=O)n1Cc1ccccc1C. The van der Waals surface area contributed by atoms with Crippen LogP contribution in [0.3, 0.4) is 0 Å². The fourth-order valence-corrected chi connectivity index (χ4v) is 2.24. The molecule has 96 valence electrons. The average Bonchev–Trinajstić information content (AvgIpc) is 2.57. The van der Waals surface area contributed by atoms with Gasteiger partial charge < -0.3 is 5.73 Å². The quantitative estimate of drug-likeness (QED) is 0.898. The topological polar surface area (TPSA) is 52.9 Å². The van der Waals surface area contributed by atoms with Crippen molar-refractivity contribution >= 4 is 5.69 Å². The van der Waals surface area contributed by atoms with Crippen LogP contribution in [-0.4, -0.2) is 9.36 Å². The number of benzene rings is 1. The summed E-state index contributed by atoms with van der Waals surface area (Å²) < 4.78 is 3.65. The molecule has 0 unspecified atom stereocenters. The maximum absolute atomic E-state index is 12.1. The molecule has 0 amide bonds. The lowest BCUT2D eigenvalue weighted by Gasteiger charge is -2.12. The van der Waals surface area contributed by atoms with Gasteiger partial charge in [0.1, 0.15) is 5.69 Å². The van der Waals surface area contributed by atoms with Crippen LogP contribution in [0, 0.1) is 13.8 Å². The van der Waals surface area contributed by atoms with Crippen LogP contribution in [0.25, 0.3) is 0 Å². The number of hydrogen-bond acceptors (Lipinski definition) is 2. The van der Waals surface area contributed by atoms with Gasteiger partial charge >= 0.3 is 0 Å². The molecule has 1 heterocycles. The summed E-state index contributed by atoms with van der Waals surface area (Å²) in [5, 5.41) is 0. The summed E-state index contributed by atoms with van der Waals surface area (Å²) in [6, 6.07) is 8.08. The van der Waals surface area contributed by atoms with E-state index in [1.807, 2.05) is 36.7 Å². The van der Waals surface area contributed by atoms with Crippen molar-refractivity contribution in [3.05, 3.63) is 51.4 Å². The first-order valence-electron chi connectivity index (χ1n) is 6.16. The van der Waals surface area contributed by atoms with Crippen LogP contribution < -0.4 is 11.3 Å². The molecular weight excluding hydrogens is 226 g/mol. The molecule has 2 rings (SSSR count). The molecule has 2 N–H and O–H groups in total. The number of nitrogen functional groups attached to an aromatic ring is 1. The molecule has 4 heteroatoms. The second-order valence-electron chi connectivity index (χ2n) is 4.50. The summed E-state index contributed by atoms with van der Waals surface area (Å²) in [5.74, 6) is 0. The van der Waals surface area contributed by atoms with Gasteiger partial charge in [0, 0.05) is 6.54 Å². The molecule has 0 fully saturated rings. The third kappa shape index (κ3) is 1.94. The van der Waals surface area contributed by atoms with Crippen LogP contribution in [0.15, 0.2) is 29.1 Å². The minimum absolute atomic E-state index is 0.0994. The van der Waals surface area contributed by atoms with Crippen molar-refractivity contribution in [3.63, 3.8) is 0 Å². The van der Waals surface area contributed by atoms with E-state index in [4.69, 9.17) is 5.73 Å². The lowest BCUT2D eigenvalue weighted by atomic mass is 10.1. The van der Waals surface area contributed by atoms with Crippen LogP contribution in [0.2, 0.25) is 0 Å². The third-order valence-electron chi connectivity index (χ3n) is 3.41. The zero-order valence-corrected chi connectivity index (χ0v) is 11.1. The second-order valence-corrected chi connectivity index (χ2v) is 4.50. The molecule has 0 saturated carbocycles. The Morgan fingerprint density at radius 2 is 1.83 bits per heavy atom. The van der Waals surface area contributed by atoms with Crippen LogP contribution in [-0.2, 0) is 13.1 Å². The van der Waals surface area contributed by atoms with Gasteiger partial charge in [-0.2, -0.15) is 0 Å². The van der Waals surface area contributed by atoms with Gasteiger partial charge in [0.25, 0.3) is 5.56 Å². The Balaban J connectivity index is 2.50. The fourth-order valence-electron chi connectivity index (χ4n) is 2.24. The first-order valence-corrected chi connectivity index (χ1v) is 6.16. The predicted molar refractivity (Wildman–Crippen MR) is 73.8 cm³/mol. The standard InChI is InChI=1S/C14H19N3O/c1-4-16-11(3)13(15)14(18)17(16)9-12-8-6-5-7-10(12)2/h5-8H,4,9,15H2,1-3H3. The first kappa shape index (κ1) is 12.5. The molecule has 0 atom stereocenters. The summed E-state index contributed by atoms with van der Waals surface area (Å²) in [5.41, 5.74) is 9.24. The van der Waals surface area contributed by atoms with Crippen molar-refractivity contribution < 1.29 is 0 Å². The summed E-state index contributed by atoms with van der Waals surface area (Å²) in [6.07, 6.45) is 0. The van der Waals surface area contributed by atoms with Crippen LogP contribution in [0.4, 0.5) is 5.69 Å². The molecule has 0 radical (unpaired) electrons. The predicted octanol–water partition coefficient (Wildman–Crippen LogP) is 1.92. The molecule has 0 aliphatic carbocycles. The molecule has 4 nitrogen and oxygen atoms in total. The van der Waals surface area contributed by atoms with Gasteiger partial charge in [-0.05, 0) is 31.9 Å². The molecule has 0 spiro atoms. The molecule has 1 aromatic carbocycles. The van der Waals surface area contributed by atoms with E-state index in [-0.39, 0.29) is 5.56 Å². The summed E-state index contributed by atoms with van der Waals surface area (Å²) >= 11 is 0. The van der Waals surface area contributed by atoms with Gasteiger partial charge in [-0.25, -0.2) is 4.68 Å². The van der Waals surface area contributed by atoms with E-state index in [9.17, 15) is 4.79 Å². The van der Waals surface area contributed by atoms with Crippen molar-refractivity contribution in [3.8, 4) is 0 Å². The molecule has 0 aliphatic heterocycles. The average molecular weight is 245 g/mol. The maximum Gasteiger partial charge on any atom is 0.290 e. The highest BCUT2D eigenvalue weighted by molar-refractivity contribution is 5.41. The Labute approximate surface area is 107 Å². The van der Waals surface area contributed by atoms with E-state index in [1.54, 1.807) is 4.68 Å². The number of anilines is 1. The van der Waals surface area contributed by atoms with Crippen molar-refractivity contribution in [2.45, 2.75) is 33.9 Å². The highest BCUT2D eigenvalue weighted by Crippen LogP contribution is 2.12. The monoisotopic (exact) mass is 245 g/mol. The Morgan fingerprint density at radius 1 is 1.17 bits per heavy atom. The fraction of sp³-hybridized carbons (Fsp3) is 0.357. The normalized spacial score (nSPS) is 10.8.